The van der Waals surface area contributed by atoms with Crippen molar-refractivity contribution in [2.45, 2.75) is 58.5 Å². The quantitative estimate of drug-likeness (QED) is 0.630. The van der Waals surface area contributed by atoms with Crippen LogP contribution in [0.4, 0.5) is 0 Å². The molecule has 1 aliphatic carbocycles. The standard InChI is InChI=1S/C11H20O2/c1-11(2,3)13-10(12)8-7-9-5-4-6-9/h9H,4-8H2,1-3H3. The van der Waals surface area contributed by atoms with Gasteiger partial charge in [-0.3, -0.25) is 4.79 Å². The molecule has 2 heteroatoms. The lowest BCUT2D eigenvalue weighted by Crippen LogP contribution is -2.24. The minimum Gasteiger partial charge on any atom is -0.460 e. The smallest absolute Gasteiger partial charge is 0.306 e. The summed E-state index contributed by atoms with van der Waals surface area (Å²) in [5.74, 6) is 0.756. The van der Waals surface area contributed by atoms with E-state index in [1.165, 1.54) is 19.3 Å². The maximum Gasteiger partial charge on any atom is 0.306 e. The van der Waals surface area contributed by atoms with Crippen molar-refractivity contribution in [2.75, 3.05) is 0 Å². The first-order valence-electron chi connectivity index (χ1n) is 5.19. The molecule has 76 valence electrons. The number of rotatable bonds is 3. The third-order valence-electron chi connectivity index (χ3n) is 2.40. The van der Waals surface area contributed by atoms with Gasteiger partial charge in [0.2, 0.25) is 0 Å². The monoisotopic (exact) mass is 184 g/mol. The Morgan fingerprint density at radius 1 is 1.38 bits per heavy atom. The summed E-state index contributed by atoms with van der Waals surface area (Å²) in [4.78, 5) is 11.3. The number of ether oxygens (including phenoxy) is 1. The Hall–Kier alpha value is -0.530. The van der Waals surface area contributed by atoms with Crippen molar-refractivity contribution in [3.63, 3.8) is 0 Å². The second-order valence-electron chi connectivity index (χ2n) is 4.92. The molecular formula is C11H20O2. The van der Waals surface area contributed by atoms with Crippen LogP contribution in [0.25, 0.3) is 0 Å². The Kier molecular flexibility index (Phi) is 3.34. The summed E-state index contributed by atoms with van der Waals surface area (Å²) in [6.45, 7) is 5.73. The lowest BCUT2D eigenvalue weighted by atomic mass is 9.82. The van der Waals surface area contributed by atoms with E-state index in [0.717, 1.165) is 12.3 Å². The molecule has 1 aliphatic rings. The highest BCUT2D eigenvalue weighted by Crippen LogP contribution is 2.30. The molecule has 0 amide bonds. The Balaban J connectivity index is 2.10. The second kappa shape index (κ2) is 4.12. The van der Waals surface area contributed by atoms with Crippen LogP contribution in [-0.2, 0) is 9.53 Å². The molecule has 1 saturated carbocycles. The topological polar surface area (TPSA) is 26.3 Å². The Morgan fingerprint density at radius 3 is 2.38 bits per heavy atom. The van der Waals surface area contributed by atoms with Crippen LogP contribution in [0.5, 0.6) is 0 Å². The maximum atomic E-state index is 11.3. The van der Waals surface area contributed by atoms with E-state index in [-0.39, 0.29) is 11.6 Å². The fourth-order valence-corrected chi connectivity index (χ4v) is 1.50. The number of esters is 1. The van der Waals surface area contributed by atoms with Crippen LogP contribution in [0, 0.1) is 5.92 Å². The summed E-state index contributed by atoms with van der Waals surface area (Å²) < 4.78 is 5.22. The molecule has 0 bridgehead atoms. The van der Waals surface area contributed by atoms with Crippen molar-refractivity contribution in [1.29, 1.82) is 0 Å². The highest BCUT2D eigenvalue weighted by Gasteiger charge is 2.21. The van der Waals surface area contributed by atoms with Crippen LogP contribution >= 0.6 is 0 Å². The maximum absolute atomic E-state index is 11.3. The van der Waals surface area contributed by atoms with Gasteiger partial charge in [0, 0.05) is 6.42 Å². The first-order valence-corrected chi connectivity index (χ1v) is 5.19. The van der Waals surface area contributed by atoms with Crippen molar-refractivity contribution in [1.82, 2.24) is 0 Å². The van der Waals surface area contributed by atoms with Crippen LogP contribution in [-0.4, -0.2) is 11.6 Å². The van der Waals surface area contributed by atoms with Gasteiger partial charge in [-0.25, -0.2) is 0 Å². The number of carbonyl (C=O) groups excluding carboxylic acids is 1. The van der Waals surface area contributed by atoms with Gasteiger partial charge in [-0.2, -0.15) is 0 Å². The number of hydrogen-bond donors (Lipinski definition) is 0. The average Bonchev–Trinajstić information content (AvgIpc) is 1.78. The summed E-state index contributed by atoms with van der Waals surface area (Å²) >= 11 is 0. The predicted octanol–water partition coefficient (Wildman–Crippen LogP) is 2.91. The first kappa shape index (κ1) is 10.6. The van der Waals surface area contributed by atoms with Crippen molar-refractivity contribution in [3.05, 3.63) is 0 Å². The van der Waals surface area contributed by atoms with Gasteiger partial charge in [-0.1, -0.05) is 19.3 Å². The Labute approximate surface area is 80.7 Å². The van der Waals surface area contributed by atoms with Crippen LogP contribution < -0.4 is 0 Å². The van der Waals surface area contributed by atoms with Crippen LogP contribution in [0.3, 0.4) is 0 Å². The number of hydrogen-bond acceptors (Lipinski definition) is 2. The zero-order valence-corrected chi connectivity index (χ0v) is 8.93. The summed E-state index contributed by atoms with van der Waals surface area (Å²) in [5.41, 5.74) is -0.323. The molecule has 0 N–H and O–H groups in total. The molecule has 2 nitrogen and oxygen atoms in total. The summed E-state index contributed by atoms with van der Waals surface area (Å²) in [6.07, 6.45) is 5.58. The van der Waals surface area contributed by atoms with Crippen molar-refractivity contribution in [3.8, 4) is 0 Å². The molecule has 0 atom stereocenters. The third kappa shape index (κ3) is 4.30. The average molecular weight is 184 g/mol. The van der Waals surface area contributed by atoms with Gasteiger partial charge in [-0.05, 0) is 33.1 Å². The molecule has 1 rings (SSSR count). The van der Waals surface area contributed by atoms with Gasteiger partial charge in [0.15, 0.2) is 0 Å². The van der Waals surface area contributed by atoms with E-state index in [1.807, 2.05) is 20.8 Å². The molecule has 0 saturated heterocycles. The first-order chi connectivity index (χ1) is 5.97. The van der Waals surface area contributed by atoms with E-state index in [4.69, 9.17) is 4.74 Å². The molecule has 0 aromatic heterocycles. The van der Waals surface area contributed by atoms with E-state index < -0.39 is 0 Å². The molecule has 0 radical (unpaired) electrons. The predicted molar refractivity (Wildman–Crippen MR) is 52.4 cm³/mol. The fourth-order valence-electron chi connectivity index (χ4n) is 1.50. The van der Waals surface area contributed by atoms with Gasteiger partial charge in [0.1, 0.15) is 5.60 Å². The van der Waals surface area contributed by atoms with Crippen molar-refractivity contribution < 1.29 is 9.53 Å². The molecule has 0 heterocycles. The largest absolute Gasteiger partial charge is 0.460 e. The van der Waals surface area contributed by atoms with Crippen LogP contribution in [0.2, 0.25) is 0 Å². The highest BCUT2D eigenvalue weighted by molar-refractivity contribution is 5.69. The van der Waals surface area contributed by atoms with Gasteiger partial charge in [0.25, 0.3) is 0 Å². The van der Waals surface area contributed by atoms with Gasteiger partial charge < -0.3 is 4.74 Å². The molecular weight excluding hydrogens is 164 g/mol. The highest BCUT2D eigenvalue weighted by atomic mass is 16.6. The minimum atomic E-state index is -0.323. The second-order valence-corrected chi connectivity index (χ2v) is 4.92. The zero-order chi connectivity index (χ0) is 9.90. The summed E-state index contributed by atoms with van der Waals surface area (Å²) in [7, 11) is 0. The van der Waals surface area contributed by atoms with Gasteiger partial charge in [-0.15, -0.1) is 0 Å². The van der Waals surface area contributed by atoms with Crippen molar-refractivity contribution >= 4 is 5.97 Å². The van der Waals surface area contributed by atoms with Gasteiger partial charge >= 0.3 is 5.97 Å². The lowest BCUT2D eigenvalue weighted by Gasteiger charge is -2.25. The van der Waals surface area contributed by atoms with Crippen LogP contribution in [0.15, 0.2) is 0 Å². The Morgan fingerprint density at radius 2 is 2.00 bits per heavy atom. The van der Waals surface area contributed by atoms with Crippen LogP contribution in [0.1, 0.15) is 52.9 Å². The Bertz CT molecular complexity index is 175. The summed E-state index contributed by atoms with van der Waals surface area (Å²) in [5, 5.41) is 0. The molecule has 0 spiro atoms. The SMILES string of the molecule is CC(C)(C)OC(=O)CCC1CCC1. The van der Waals surface area contributed by atoms with E-state index in [9.17, 15) is 4.79 Å². The minimum absolute atomic E-state index is 0.0422. The molecule has 0 aromatic rings. The lowest BCUT2D eigenvalue weighted by molar-refractivity contribution is -0.155. The van der Waals surface area contributed by atoms with E-state index >= 15 is 0 Å². The third-order valence-corrected chi connectivity index (χ3v) is 2.40. The van der Waals surface area contributed by atoms with E-state index in [0.29, 0.717) is 6.42 Å². The van der Waals surface area contributed by atoms with E-state index in [1.54, 1.807) is 0 Å². The molecule has 13 heavy (non-hydrogen) atoms. The van der Waals surface area contributed by atoms with Gasteiger partial charge in [0.05, 0.1) is 0 Å². The molecule has 0 unspecified atom stereocenters. The zero-order valence-electron chi connectivity index (χ0n) is 8.93. The normalized spacial score (nSPS) is 18.1. The van der Waals surface area contributed by atoms with E-state index in [2.05, 4.69) is 0 Å². The molecule has 1 fully saturated rings. The summed E-state index contributed by atoms with van der Waals surface area (Å²) in [6, 6.07) is 0. The van der Waals surface area contributed by atoms with Crippen molar-refractivity contribution in [2.24, 2.45) is 5.92 Å². The number of carbonyl (C=O) groups is 1. The fraction of sp³-hybridized carbons (Fsp3) is 0.909. The molecule has 0 aromatic carbocycles. The molecule has 0 aliphatic heterocycles.